The highest BCUT2D eigenvalue weighted by molar-refractivity contribution is 9.10. The number of anilines is 1. The number of nitrogens with one attached hydrogen (secondary N) is 1. The van der Waals surface area contributed by atoms with Crippen molar-refractivity contribution in [1.82, 2.24) is 5.43 Å². The normalized spacial score (nSPS) is 11.4. The van der Waals surface area contributed by atoms with Crippen molar-refractivity contribution in [3.05, 3.63) is 85.3 Å². The topological polar surface area (TPSA) is 97.3 Å². The summed E-state index contributed by atoms with van der Waals surface area (Å²) in [4.78, 5) is 12.6. The first-order valence-corrected chi connectivity index (χ1v) is 14.6. The van der Waals surface area contributed by atoms with Gasteiger partial charge >= 0.3 is 0 Å². The van der Waals surface area contributed by atoms with Gasteiger partial charge in [-0.2, -0.15) is 5.10 Å². The van der Waals surface area contributed by atoms with E-state index < -0.39 is 22.5 Å². The fraction of sp³-hybridized carbons (Fsp3) is 0.231. The van der Waals surface area contributed by atoms with Gasteiger partial charge in [-0.3, -0.25) is 9.10 Å². The Kier molecular flexibility index (Phi) is 10.1. The molecular formula is C26H26BrCl2N3O5S. The Bertz CT molecular complexity index is 1480. The van der Waals surface area contributed by atoms with E-state index in [1.165, 1.54) is 13.3 Å². The van der Waals surface area contributed by atoms with Crippen LogP contribution in [0, 0.1) is 13.8 Å². The van der Waals surface area contributed by atoms with E-state index >= 15 is 0 Å². The minimum absolute atomic E-state index is 0.186. The zero-order chi connectivity index (χ0) is 28.0. The van der Waals surface area contributed by atoms with Crippen LogP contribution in [0.5, 0.6) is 11.5 Å². The van der Waals surface area contributed by atoms with Gasteiger partial charge in [-0.15, -0.1) is 0 Å². The first kappa shape index (κ1) is 29.8. The molecule has 0 saturated carbocycles. The number of nitrogens with zero attached hydrogens (tertiary/aromatic N) is 2. The summed E-state index contributed by atoms with van der Waals surface area (Å²) in [6.45, 7) is 3.40. The number of halogens is 3. The minimum Gasteiger partial charge on any atom is -0.493 e. The summed E-state index contributed by atoms with van der Waals surface area (Å²) in [7, 11) is -2.21. The quantitative estimate of drug-likeness (QED) is 0.220. The predicted molar refractivity (Wildman–Crippen MR) is 155 cm³/mol. The van der Waals surface area contributed by atoms with E-state index in [0.717, 1.165) is 27.3 Å². The molecule has 0 saturated heterocycles. The summed E-state index contributed by atoms with van der Waals surface area (Å²) in [5.41, 5.74) is 5.78. The zero-order valence-corrected chi connectivity index (χ0v) is 25.0. The number of rotatable bonds is 10. The molecule has 3 aromatic carbocycles. The number of sulfonamides is 1. The Morgan fingerprint density at radius 2 is 1.87 bits per heavy atom. The molecule has 3 aromatic rings. The fourth-order valence-corrected chi connectivity index (χ4v) is 5.40. The van der Waals surface area contributed by atoms with Crippen molar-refractivity contribution < 1.29 is 22.7 Å². The predicted octanol–water partition coefficient (Wildman–Crippen LogP) is 5.88. The average molecular weight is 643 g/mol. The van der Waals surface area contributed by atoms with E-state index in [2.05, 4.69) is 26.5 Å². The van der Waals surface area contributed by atoms with Gasteiger partial charge in [0, 0.05) is 15.6 Å². The van der Waals surface area contributed by atoms with Crippen molar-refractivity contribution in [1.29, 1.82) is 0 Å². The lowest BCUT2D eigenvalue weighted by Gasteiger charge is -2.23. The minimum atomic E-state index is -3.71. The largest absolute Gasteiger partial charge is 0.493 e. The van der Waals surface area contributed by atoms with E-state index in [1.54, 1.807) is 43.3 Å². The highest BCUT2D eigenvalue weighted by Gasteiger charge is 2.22. The molecule has 0 aliphatic rings. The number of carbonyl (C=O) groups excluding carboxylic acids is 1. The first-order chi connectivity index (χ1) is 17.9. The van der Waals surface area contributed by atoms with Crippen LogP contribution >= 0.6 is 39.1 Å². The Hall–Kier alpha value is -2.79. The molecule has 202 valence electrons. The second-order valence-corrected chi connectivity index (χ2v) is 12.0. The van der Waals surface area contributed by atoms with Crippen LogP contribution in [0.15, 0.2) is 58.1 Å². The SMILES string of the molecule is COc1cc(/C=N/NC(=O)CN(c2cc(C)ccc2C)S(C)(=O)=O)cc(Br)c1OCc1ccc(Cl)cc1Cl. The van der Waals surface area contributed by atoms with Crippen LogP contribution in [0.1, 0.15) is 22.3 Å². The molecule has 0 heterocycles. The zero-order valence-electron chi connectivity index (χ0n) is 21.1. The molecule has 3 rings (SSSR count). The molecule has 12 heteroatoms. The van der Waals surface area contributed by atoms with Gasteiger partial charge in [0.1, 0.15) is 13.2 Å². The second kappa shape index (κ2) is 12.8. The lowest BCUT2D eigenvalue weighted by molar-refractivity contribution is -0.119. The van der Waals surface area contributed by atoms with Gasteiger partial charge in [0.05, 0.1) is 29.7 Å². The lowest BCUT2D eigenvalue weighted by Crippen LogP contribution is -2.39. The highest BCUT2D eigenvalue weighted by atomic mass is 79.9. The third kappa shape index (κ3) is 7.86. The van der Waals surface area contributed by atoms with Crippen molar-refractivity contribution in [3.8, 4) is 11.5 Å². The standard InChI is InChI=1S/C26H26BrCl2N3O5S/c1-16-5-6-17(2)23(9-16)32(38(4,34)35)14-25(33)31-30-13-18-10-21(27)26(24(11-18)36-3)37-15-19-7-8-20(28)12-22(19)29/h5-13H,14-15H2,1-4H3,(H,31,33)/b30-13+. The van der Waals surface area contributed by atoms with Crippen LogP contribution in [0.25, 0.3) is 0 Å². The van der Waals surface area contributed by atoms with Gasteiger partial charge in [0.15, 0.2) is 11.5 Å². The molecular weight excluding hydrogens is 617 g/mol. The molecule has 0 fully saturated rings. The summed E-state index contributed by atoms with van der Waals surface area (Å²) in [6.07, 6.45) is 2.47. The Labute approximate surface area is 240 Å². The van der Waals surface area contributed by atoms with E-state index in [1.807, 2.05) is 19.1 Å². The van der Waals surface area contributed by atoms with Crippen LogP contribution in [0.2, 0.25) is 10.0 Å². The van der Waals surface area contributed by atoms with Crippen molar-refractivity contribution >= 4 is 67.0 Å². The third-order valence-electron chi connectivity index (χ3n) is 5.36. The van der Waals surface area contributed by atoms with Crippen LogP contribution < -0.4 is 19.2 Å². The molecule has 0 radical (unpaired) electrons. The van der Waals surface area contributed by atoms with Crippen LogP contribution in [-0.4, -0.2) is 40.4 Å². The Morgan fingerprint density at radius 1 is 1.13 bits per heavy atom. The van der Waals surface area contributed by atoms with Gasteiger partial charge in [0.2, 0.25) is 10.0 Å². The highest BCUT2D eigenvalue weighted by Crippen LogP contribution is 2.37. The number of hydrazone groups is 1. The van der Waals surface area contributed by atoms with Crippen molar-refractivity contribution in [2.75, 3.05) is 24.2 Å². The third-order valence-corrected chi connectivity index (χ3v) is 7.67. The Morgan fingerprint density at radius 3 is 2.53 bits per heavy atom. The second-order valence-electron chi connectivity index (χ2n) is 8.41. The number of aryl methyl sites for hydroxylation is 2. The molecule has 1 N–H and O–H groups in total. The molecule has 8 nitrogen and oxygen atoms in total. The van der Waals surface area contributed by atoms with Crippen LogP contribution in [-0.2, 0) is 21.4 Å². The number of amides is 1. The smallest absolute Gasteiger partial charge is 0.260 e. The summed E-state index contributed by atoms with van der Waals surface area (Å²) < 4.78 is 37.8. The van der Waals surface area contributed by atoms with Gasteiger partial charge in [-0.25, -0.2) is 13.8 Å². The molecule has 1 amide bonds. The first-order valence-electron chi connectivity index (χ1n) is 11.2. The fourth-order valence-electron chi connectivity index (χ4n) is 3.46. The maximum Gasteiger partial charge on any atom is 0.260 e. The molecule has 0 spiro atoms. The number of hydrogen-bond acceptors (Lipinski definition) is 6. The summed E-state index contributed by atoms with van der Waals surface area (Å²) >= 11 is 15.7. The summed E-state index contributed by atoms with van der Waals surface area (Å²) in [5.74, 6) is 0.283. The van der Waals surface area contributed by atoms with E-state index in [-0.39, 0.29) is 6.61 Å². The summed E-state index contributed by atoms with van der Waals surface area (Å²) in [5, 5.41) is 4.99. The van der Waals surface area contributed by atoms with Crippen molar-refractivity contribution in [2.45, 2.75) is 20.5 Å². The number of hydrogen-bond donors (Lipinski definition) is 1. The summed E-state index contributed by atoms with van der Waals surface area (Å²) in [6, 6.07) is 14.0. The number of benzene rings is 3. The molecule has 0 aliphatic carbocycles. The van der Waals surface area contributed by atoms with E-state index in [9.17, 15) is 13.2 Å². The number of ether oxygens (including phenoxy) is 2. The van der Waals surface area contributed by atoms with Crippen LogP contribution in [0.3, 0.4) is 0 Å². The van der Waals surface area contributed by atoms with E-state index in [4.69, 9.17) is 32.7 Å². The lowest BCUT2D eigenvalue weighted by atomic mass is 10.1. The molecule has 0 atom stereocenters. The molecule has 0 aliphatic heterocycles. The van der Waals surface area contributed by atoms with Gasteiger partial charge in [0.25, 0.3) is 5.91 Å². The van der Waals surface area contributed by atoms with Gasteiger partial charge in [-0.05, 0) is 76.8 Å². The van der Waals surface area contributed by atoms with Gasteiger partial charge in [-0.1, -0.05) is 41.4 Å². The molecule has 0 unspecified atom stereocenters. The number of methoxy groups -OCH3 is 1. The van der Waals surface area contributed by atoms with Crippen molar-refractivity contribution in [2.24, 2.45) is 5.10 Å². The van der Waals surface area contributed by atoms with E-state index in [0.29, 0.717) is 37.3 Å². The molecule has 0 bridgehead atoms. The van der Waals surface area contributed by atoms with Crippen molar-refractivity contribution in [3.63, 3.8) is 0 Å². The maximum atomic E-state index is 12.6. The maximum absolute atomic E-state index is 12.6. The van der Waals surface area contributed by atoms with Crippen LogP contribution in [0.4, 0.5) is 5.69 Å². The molecule has 0 aromatic heterocycles. The molecule has 38 heavy (non-hydrogen) atoms. The monoisotopic (exact) mass is 641 g/mol. The Balaban J connectivity index is 1.71. The average Bonchev–Trinajstić information content (AvgIpc) is 2.83. The number of carbonyl (C=O) groups is 1. The van der Waals surface area contributed by atoms with Gasteiger partial charge < -0.3 is 9.47 Å².